The molecule has 0 aliphatic carbocycles. The van der Waals surface area contributed by atoms with Gasteiger partial charge >= 0.3 is 0 Å². The van der Waals surface area contributed by atoms with E-state index in [1.54, 1.807) is 11.3 Å². The molecule has 0 radical (unpaired) electrons. The third-order valence-electron chi connectivity index (χ3n) is 2.45. The van der Waals surface area contributed by atoms with Gasteiger partial charge in [-0.25, -0.2) is 0 Å². The molecule has 2 aromatic heterocycles. The summed E-state index contributed by atoms with van der Waals surface area (Å²) in [4.78, 5) is 0.957. The number of hydrogen-bond donors (Lipinski definition) is 1. The topological polar surface area (TPSA) is 51.0 Å². The average Bonchev–Trinajstić information content (AvgIpc) is 2.94. The molecule has 1 unspecified atom stereocenters. The highest BCUT2D eigenvalue weighted by atomic mass is 79.9. The van der Waals surface area contributed by atoms with Gasteiger partial charge < -0.3 is 9.73 Å². The van der Waals surface area contributed by atoms with E-state index < -0.39 is 0 Å². The van der Waals surface area contributed by atoms with E-state index >= 15 is 0 Å². The van der Waals surface area contributed by atoms with Crippen molar-refractivity contribution >= 4 is 43.2 Å². The normalized spacial score (nSPS) is 12.9. The minimum absolute atomic E-state index is 0.128. The molecule has 0 amide bonds. The van der Waals surface area contributed by atoms with Gasteiger partial charge in [-0.05, 0) is 50.9 Å². The highest BCUT2D eigenvalue weighted by Crippen LogP contribution is 2.37. The van der Waals surface area contributed by atoms with Crippen molar-refractivity contribution in [2.24, 2.45) is 0 Å². The molecule has 0 saturated carbocycles. The first-order valence-corrected chi connectivity index (χ1v) is 8.07. The molecule has 0 fully saturated rings. The van der Waals surface area contributed by atoms with Gasteiger partial charge in [-0.2, -0.15) is 0 Å². The summed E-state index contributed by atoms with van der Waals surface area (Å²) in [6.07, 6.45) is 0.924. The maximum atomic E-state index is 5.73. The summed E-state index contributed by atoms with van der Waals surface area (Å²) in [5.74, 6) is 1.22. The Morgan fingerprint density at radius 2 is 2.17 bits per heavy atom. The molecule has 98 valence electrons. The lowest BCUT2D eigenvalue weighted by Gasteiger charge is -2.09. The molecule has 1 atom stereocenters. The predicted molar refractivity (Wildman–Crippen MR) is 79.7 cm³/mol. The second-order valence-electron chi connectivity index (χ2n) is 3.70. The number of halogens is 2. The largest absolute Gasteiger partial charge is 0.418 e. The number of rotatable bonds is 5. The van der Waals surface area contributed by atoms with E-state index in [1.165, 1.54) is 0 Å². The molecule has 0 aromatic carbocycles. The fourth-order valence-corrected chi connectivity index (χ4v) is 3.54. The number of aromatic nitrogens is 2. The van der Waals surface area contributed by atoms with Crippen LogP contribution in [0.3, 0.4) is 0 Å². The van der Waals surface area contributed by atoms with Gasteiger partial charge in [0.25, 0.3) is 5.89 Å². The molecule has 0 spiro atoms. The van der Waals surface area contributed by atoms with Crippen molar-refractivity contribution in [2.75, 3.05) is 6.54 Å². The minimum atomic E-state index is 0.128. The fourth-order valence-electron chi connectivity index (χ4n) is 1.58. The predicted octanol–water partition coefficient (Wildman–Crippen LogP) is 4.38. The van der Waals surface area contributed by atoms with Crippen molar-refractivity contribution in [3.63, 3.8) is 0 Å². The van der Waals surface area contributed by atoms with Crippen LogP contribution in [0.1, 0.15) is 32.2 Å². The van der Waals surface area contributed by atoms with Crippen LogP contribution < -0.4 is 5.32 Å². The van der Waals surface area contributed by atoms with Crippen LogP contribution in [0.4, 0.5) is 0 Å². The smallest absolute Gasteiger partial charge is 0.257 e. The molecule has 0 aliphatic rings. The van der Waals surface area contributed by atoms with Gasteiger partial charge in [0.2, 0.25) is 5.89 Å². The van der Waals surface area contributed by atoms with Gasteiger partial charge in [-0.3, -0.25) is 0 Å². The Balaban J connectivity index is 2.24. The molecule has 1 N–H and O–H groups in total. The summed E-state index contributed by atoms with van der Waals surface area (Å²) in [5.41, 5.74) is 0. The summed E-state index contributed by atoms with van der Waals surface area (Å²) in [7, 11) is 0. The Morgan fingerprint density at radius 1 is 1.39 bits per heavy atom. The molecule has 2 heterocycles. The van der Waals surface area contributed by atoms with Crippen LogP contribution in [0.2, 0.25) is 0 Å². The number of thiophene rings is 1. The first kappa shape index (κ1) is 14.2. The van der Waals surface area contributed by atoms with Crippen LogP contribution in [0.15, 0.2) is 18.7 Å². The Kier molecular flexibility index (Phi) is 4.94. The highest BCUT2D eigenvalue weighted by Gasteiger charge is 2.18. The maximum absolute atomic E-state index is 5.73. The lowest BCUT2D eigenvalue weighted by molar-refractivity contribution is 0.402. The second-order valence-corrected chi connectivity index (χ2v) is 6.92. The maximum Gasteiger partial charge on any atom is 0.257 e. The van der Waals surface area contributed by atoms with Gasteiger partial charge in [-0.1, -0.05) is 13.8 Å². The molecule has 2 rings (SSSR count). The standard InChI is InChI=1S/C11H13Br2N3OS/c1-3-7(14-4-2)10-15-16-11(17-10)8-5-6(12)9(13)18-8/h5,7,14H,3-4H2,1-2H3. The number of nitrogens with one attached hydrogen (secondary N) is 1. The molecule has 0 aliphatic heterocycles. The summed E-state index contributed by atoms with van der Waals surface area (Å²) >= 11 is 8.47. The SMILES string of the molecule is CCNC(CC)c1nnc(-c2cc(Br)c(Br)s2)o1. The lowest BCUT2D eigenvalue weighted by Crippen LogP contribution is -2.20. The first-order chi connectivity index (χ1) is 8.65. The van der Waals surface area contributed by atoms with E-state index in [0.29, 0.717) is 11.8 Å². The summed E-state index contributed by atoms with van der Waals surface area (Å²) in [5, 5.41) is 11.5. The molecule has 7 heteroatoms. The Morgan fingerprint density at radius 3 is 2.72 bits per heavy atom. The van der Waals surface area contributed by atoms with E-state index in [-0.39, 0.29) is 6.04 Å². The molecule has 0 bridgehead atoms. The fraction of sp³-hybridized carbons (Fsp3) is 0.455. The first-order valence-electron chi connectivity index (χ1n) is 5.67. The van der Waals surface area contributed by atoms with Crippen molar-refractivity contribution in [2.45, 2.75) is 26.3 Å². The Hall–Kier alpha value is -0.240. The van der Waals surface area contributed by atoms with Gasteiger partial charge in [0, 0.05) is 4.47 Å². The van der Waals surface area contributed by atoms with Gasteiger partial charge in [0.15, 0.2) is 0 Å². The summed E-state index contributed by atoms with van der Waals surface area (Å²) < 4.78 is 7.75. The van der Waals surface area contributed by atoms with Crippen molar-refractivity contribution in [1.82, 2.24) is 15.5 Å². The zero-order chi connectivity index (χ0) is 13.1. The molecule has 2 aromatic rings. The Labute approximate surface area is 126 Å². The van der Waals surface area contributed by atoms with Crippen LogP contribution in [0.25, 0.3) is 10.8 Å². The van der Waals surface area contributed by atoms with Gasteiger partial charge in [0.1, 0.15) is 0 Å². The van der Waals surface area contributed by atoms with Gasteiger partial charge in [0.05, 0.1) is 14.7 Å². The van der Waals surface area contributed by atoms with Crippen LogP contribution in [-0.2, 0) is 0 Å². The molecular formula is C11H13Br2N3OS. The summed E-state index contributed by atoms with van der Waals surface area (Å²) in [6.45, 7) is 5.04. The monoisotopic (exact) mass is 393 g/mol. The van der Waals surface area contributed by atoms with Crippen molar-refractivity contribution < 1.29 is 4.42 Å². The van der Waals surface area contributed by atoms with Crippen LogP contribution in [0.5, 0.6) is 0 Å². The van der Waals surface area contributed by atoms with Crippen LogP contribution in [-0.4, -0.2) is 16.7 Å². The highest BCUT2D eigenvalue weighted by molar-refractivity contribution is 9.13. The van der Waals surface area contributed by atoms with Gasteiger partial charge in [-0.15, -0.1) is 21.5 Å². The molecular weight excluding hydrogens is 382 g/mol. The van der Waals surface area contributed by atoms with Crippen molar-refractivity contribution in [3.8, 4) is 10.8 Å². The average molecular weight is 395 g/mol. The third kappa shape index (κ3) is 3.01. The number of hydrogen-bond acceptors (Lipinski definition) is 5. The van der Waals surface area contributed by atoms with E-state index in [0.717, 1.165) is 26.1 Å². The van der Waals surface area contributed by atoms with Crippen molar-refractivity contribution in [1.29, 1.82) is 0 Å². The molecule has 0 saturated heterocycles. The zero-order valence-electron chi connectivity index (χ0n) is 10.0. The van der Waals surface area contributed by atoms with E-state index in [4.69, 9.17) is 4.42 Å². The Bertz CT molecular complexity index is 507. The van der Waals surface area contributed by atoms with E-state index in [1.807, 2.05) is 6.07 Å². The summed E-state index contributed by atoms with van der Waals surface area (Å²) in [6, 6.07) is 2.10. The quantitative estimate of drug-likeness (QED) is 0.817. The number of nitrogens with zero attached hydrogens (tertiary/aromatic N) is 2. The van der Waals surface area contributed by atoms with Crippen LogP contribution in [0, 0.1) is 0 Å². The minimum Gasteiger partial charge on any atom is -0.418 e. The second kappa shape index (κ2) is 6.27. The zero-order valence-corrected chi connectivity index (χ0v) is 14.0. The van der Waals surface area contributed by atoms with E-state index in [9.17, 15) is 0 Å². The van der Waals surface area contributed by atoms with E-state index in [2.05, 4.69) is 61.2 Å². The molecule has 4 nitrogen and oxygen atoms in total. The molecule has 18 heavy (non-hydrogen) atoms. The van der Waals surface area contributed by atoms with Crippen molar-refractivity contribution in [3.05, 3.63) is 20.2 Å². The van der Waals surface area contributed by atoms with Crippen LogP contribution >= 0.6 is 43.2 Å². The lowest BCUT2D eigenvalue weighted by atomic mass is 10.2. The third-order valence-corrected chi connectivity index (χ3v) is 5.70.